The Labute approximate surface area is 80.7 Å². The summed E-state index contributed by atoms with van der Waals surface area (Å²) in [6.07, 6.45) is 2.38. The van der Waals surface area contributed by atoms with Crippen LogP contribution in [0.3, 0.4) is 0 Å². The lowest BCUT2D eigenvalue weighted by Crippen LogP contribution is -2.44. The topological polar surface area (TPSA) is 32.3 Å². The second-order valence-electron chi connectivity index (χ2n) is 2.74. The summed E-state index contributed by atoms with van der Waals surface area (Å²) in [5, 5.41) is 2.64. The van der Waals surface area contributed by atoms with E-state index in [1.807, 2.05) is 4.90 Å². The molecule has 1 unspecified atom stereocenters. The molecule has 2 amide bonds. The molecule has 0 aromatic rings. The monoisotopic (exact) mass is 268 g/mol. The van der Waals surface area contributed by atoms with E-state index in [0.29, 0.717) is 3.92 Å². The summed E-state index contributed by atoms with van der Waals surface area (Å²) >= 11 is 2.40. The maximum atomic E-state index is 11.1. The lowest BCUT2D eigenvalue weighted by Gasteiger charge is -2.29. The van der Waals surface area contributed by atoms with Crippen molar-refractivity contribution in [2.75, 3.05) is 20.1 Å². The largest absolute Gasteiger partial charge is 0.341 e. The summed E-state index contributed by atoms with van der Waals surface area (Å²) in [6, 6.07) is 0.0615. The number of hydrogen-bond acceptors (Lipinski definition) is 1. The van der Waals surface area contributed by atoms with Crippen LogP contribution in [0.2, 0.25) is 0 Å². The molecule has 1 N–H and O–H groups in total. The van der Waals surface area contributed by atoms with Gasteiger partial charge in [0.2, 0.25) is 0 Å². The number of nitrogens with zero attached hydrogens (tertiary/aromatic N) is 1. The number of alkyl halides is 1. The molecule has 1 saturated heterocycles. The van der Waals surface area contributed by atoms with Crippen LogP contribution in [-0.2, 0) is 0 Å². The molecule has 0 saturated carbocycles. The van der Waals surface area contributed by atoms with Gasteiger partial charge in [0.05, 0.1) is 0 Å². The first-order valence-corrected chi connectivity index (χ1v) is 5.09. The van der Waals surface area contributed by atoms with E-state index in [1.165, 1.54) is 6.42 Å². The lowest BCUT2D eigenvalue weighted by molar-refractivity contribution is 0.191. The predicted octanol–water partition coefficient (Wildman–Crippen LogP) is 1.23. The van der Waals surface area contributed by atoms with E-state index in [2.05, 4.69) is 27.9 Å². The van der Waals surface area contributed by atoms with Crippen LogP contribution in [0, 0.1) is 0 Å². The maximum absolute atomic E-state index is 11.1. The molecule has 0 aliphatic carbocycles. The molecule has 1 atom stereocenters. The molecule has 64 valence electrons. The van der Waals surface area contributed by atoms with Gasteiger partial charge >= 0.3 is 6.03 Å². The molecule has 4 heteroatoms. The molecule has 0 aromatic carbocycles. The fourth-order valence-electron chi connectivity index (χ4n) is 1.27. The highest BCUT2D eigenvalue weighted by molar-refractivity contribution is 14.1. The van der Waals surface area contributed by atoms with E-state index < -0.39 is 0 Å². The fourth-order valence-corrected chi connectivity index (χ4v) is 2.18. The Hall–Kier alpha value is 0. The molecule has 3 nitrogen and oxygen atoms in total. The van der Waals surface area contributed by atoms with Gasteiger partial charge in [-0.3, -0.25) is 0 Å². The van der Waals surface area contributed by atoms with Gasteiger partial charge in [0.1, 0.15) is 0 Å². The van der Waals surface area contributed by atoms with Crippen LogP contribution in [-0.4, -0.2) is 35.0 Å². The zero-order chi connectivity index (χ0) is 8.27. The number of carbonyl (C=O) groups is 1. The van der Waals surface area contributed by atoms with E-state index in [1.54, 1.807) is 7.05 Å². The van der Waals surface area contributed by atoms with E-state index in [4.69, 9.17) is 0 Å². The molecule has 1 aliphatic rings. The third kappa shape index (κ3) is 2.50. The highest BCUT2D eigenvalue weighted by Crippen LogP contribution is 2.16. The maximum Gasteiger partial charge on any atom is 0.317 e. The molecular formula is C7H13IN2O. The first kappa shape index (κ1) is 9.09. The quantitative estimate of drug-likeness (QED) is 0.520. The van der Waals surface area contributed by atoms with Gasteiger partial charge in [-0.15, -0.1) is 0 Å². The summed E-state index contributed by atoms with van der Waals surface area (Å²) in [5.74, 6) is 0. The van der Waals surface area contributed by atoms with Crippen molar-refractivity contribution in [2.24, 2.45) is 0 Å². The third-order valence-electron chi connectivity index (χ3n) is 1.86. The summed E-state index contributed by atoms with van der Waals surface area (Å²) in [7, 11) is 1.68. The first-order chi connectivity index (χ1) is 5.24. The molecule has 0 bridgehead atoms. The lowest BCUT2D eigenvalue weighted by atomic mass is 10.1. The number of hydrogen-bond donors (Lipinski definition) is 1. The van der Waals surface area contributed by atoms with Crippen LogP contribution in [0.25, 0.3) is 0 Å². The SMILES string of the molecule is CNC(=O)N1CCCC(I)C1. The molecule has 0 aromatic heterocycles. The summed E-state index contributed by atoms with van der Waals surface area (Å²) in [4.78, 5) is 13.0. The zero-order valence-electron chi connectivity index (χ0n) is 6.64. The van der Waals surface area contributed by atoms with E-state index in [-0.39, 0.29) is 6.03 Å². The Balaban J connectivity index is 2.39. The Kier molecular flexibility index (Phi) is 3.42. The van der Waals surface area contributed by atoms with Crippen molar-refractivity contribution < 1.29 is 4.79 Å². The van der Waals surface area contributed by atoms with Crippen molar-refractivity contribution in [1.82, 2.24) is 10.2 Å². The van der Waals surface area contributed by atoms with Crippen LogP contribution in [0.4, 0.5) is 4.79 Å². The molecule has 11 heavy (non-hydrogen) atoms. The van der Waals surface area contributed by atoms with Crippen molar-refractivity contribution in [2.45, 2.75) is 16.8 Å². The van der Waals surface area contributed by atoms with Gasteiger partial charge in [-0.25, -0.2) is 4.79 Å². The molecule has 1 rings (SSSR count). The number of rotatable bonds is 0. The number of halogens is 1. The van der Waals surface area contributed by atoms with Gasteiger partial charge in [-0.2, -0.15) is 0 Å². The summed E-state index contributed by atoms with van der Waals surface area (Å²) < 4.78 is 0.638. The number of likely N-dealkylation sites (tertiary alicyclic amines) is 1. The van der Waals surface area contributed by atoms with Gasteiger partial charge in [-0.05, 0) is 12.8 Å². The van der Waals surface area contributed by atoms with E-state index in [0.717, 1.165) is 19.5 Å². The summed E-state index contributed by atoms with van der Waals surface area (Å²) in [6.45, 7) is 1.82. The molecule has 0 spiro atoms. The van der Waals surface area contributed by atoms with Gasteiger partial charge in [0, 0.05) is 24.1 Å². The number of urea groups is 1. The number of nitrogens with one attached hydrogen (secondary N) is 1. The smallest absolute Gasteiger partial charge is 0.317 e. The summed E-state index contributed by atoms with van der Waals surface area (Å²) in [5.41, 5.74) is 0. The highest BCUT2D eigenvalue weighted by atomic mass is 127. The molecule has 1 fully saturated rings. The number of carbonyl (C=O) groups excluding carboxylic acids is 1. The van der Waals surface area contributed by atoms with Gasteiger partial charge in [-0.1, -0.05) is 22.6 Å². The van der Waals surface area contributed by atoms with Gasteiger partial charge in [0.15, 0.2) is 0 Å². The van der Waals surface area contributed by atoms with E-state index >= 15 is 0 Å². The number of amides is 2. The molecule has 1 aliphatic heterocycles. The van der Waals surface area contributed by atoms with Crippen LogP contribution in [0.5, 0.6) is 0 Å². The van der Waals surface area contributed by atoms with Gasteiger partial charge in [0.25, 0.3) is 0 Å². The van der Waals surface area contributed by atoms with Crippen LogP contribution in [0.1, 0.15) is 12.8 Å². The third-order valence-corrected chi connectivity index (χ3v) is 2.88. The number of piperidine rings is 1. The highest BCUT2D eigenvalue weighted by Gasteiger charge is 2.20. The fraction of sp³-hybridized carbons (Fsp3) is 0.857. The molecule has 1 heterocycles. The van der Waals surface area contributed by atoms with Gasteiger partial charge < -0.3 is 10.2 Å². The van der Waals surface area contributed by atoms with Crippen molar-refractivity contribution in [3.63, 3.8) is 0 Å². The average Bonchev–Trinajstić information content (AvgIpc) is 2.03. The second kappa shape index (κ2) is 4.13. The minimum absolute atomic E-state index is 0.0615. The minimum atomic E-state index is 0.0615. The Morgan fingerprint density at radius 2 is 2.45 bits per heavy atom. The predicted molar refractivity (Wildman–Crippen MR) is 53.1 cm³/mol. The van der Waals surface area contributed by atoms with Crippen LogP contribution in [0.15, 0.2) is 0 Å². The molecule has 0 radical (unpaired) electrons. The minimum Gasteiger partial charge on any atom is -0.341 e. The normalized spacial score (nSPS) is 24.9. The Morgan fingerprint density at radius 3 is 3.00 bits per heavy atom. The van der Waals surface area contributed by atoms with Crippen LogP contribution >= 0.6 is 22.6 Å². The zero-order valence-corrected chi connectivity index (χ0v) is 8.80. The molecular weight excluding hydrogens is 255 g/mol. The standard InChI is InChI=1S/C7H13IN2O/c1-9-7(11)10-4-2-3-6(8)5-10/h6H,2-5H2,1H3,(H,9,11). The van der Waals surface area contributed by atoms with Crippen molar-refractivity contribution in [3.8, 4) is 0 Å². The average molecular weight is 268 g/mol. The van der Waals surface area contributed by atoms with Crippen molar-refractivity contribution in [1.29, 1.82) is 0 Å². The van der Waals surface area contributed by atoms with Crippen molar-refractivity contribution in [3.05, 3.63) is 0 Å². The van der Waals surface area contributed by atoms with Crippen molar-refractivity contribution >= 4 is 28.6 Å². The Bertz CT molecular complexity index is 151. The Morgan fingerprint density at radius 1 is 1.73 bits per heavy atom. The van der Waals surface area contributed by atoms with E-state index in [9.17, 15) is 4.79 Å². The second-order valence-corrected chi connectivity index (χ2v) is 4.50. The van der Waals surface area contributed by atoms with Crippen LogP contribution < -0.4 is 5.32 Å². The first-order valence-electron chi connectivity index (χ1n) is 3.84.